The Kier molecular flexibility index (Phi) is 66.8. The van der Waals surface area contributed by atoms with E-state index in [1.807, 2.05) is 0 Å². The van der Waals surface area contributed by atoms with Crippen molar-refractivity contribution in [3.8, 4) is 0 Å². The summed E-state index contributed by atoms with van der Waals surface area (Å²) in [5, 5.41) is 10.6. The molecule has 0 rings (SSSR count). The standard InChI is InChI=1S/C75H146O17P2/c1-6-9-12-15-17-19-21-23-24-25-26-27-28-29-34-38-42-46-51-56-61-75(80)92-71(65-86-73(78)59-54-49-44-40-37-33-31-30-32-35-39-43-48-52-57-68(4)5)67-90-94(83,84)88-63-69(76)62-87-93(81,82)89-66-70(64-85-72(77)58-53-47-14-11-8-3)91-74(79)60-55-50-45-41-36-22-20-18-16-13-10-7-2/h68-71,76H,6-67H2,1-5H3,(H,81,82)(H,83,84)/t69-,70+,71+/m0/s1. The van der Waals surface area contributed by atoms with Gasteiger partial charge in [0, 0.05) is 25.7 Å². The number of unbranched alkanes of at least 4 members (excludes halogenated alkanes) is 47. The van der Waals surface area contributed by atoms with Crippen LogP contribution in [0.15, 0.2) is 0 Å². The van der Waals surface area contributed by atoms with Crippen molar-refractivity contribution in [1.29, 1.82) is 0 Å². The average molecular weight is 1380 g/mol. The van der Waals surface area contributed by atoms with Gasteiger partial charge in [0.1, 0.15) is 19.3 Å². The van der Waals surface area contributed by atoms with Crippen LogP contribution in [-0.4, -0.2) is 96.7 Å². The monoisotopic (exact) mass is 1380 g/mol. The van der Waals surface area contributed by atoms with Crippen molar-refractivity contribution in [2.45, 2.75) is 412 Å². The Morgan fingerprint density at radius 2 is 0.489 bits per heavy atom. The molecule has 0 amide bonds. The summed E-state index contributed by atoms with van der Waals surface area (Å²) >= 11 is 0. The molecule has 0 saturated heterocycles. The van der Waals surface area contributed by atoms with Crippen molar-refractivity contribution in [2.24, 2.45) is 5.92 Å². The zero-order valence-corrected chi connectivity index (χ0v) is 62.9. The van der Waals surface area contributed by atoms with Gasteiger partial charge in [0.2, 0.25) is 0 Å². The largest absolute Gasteiger partial charge is 0.472 e. The zero-order valence-electron chi connectivity index (χ0n) is 61.1. The maximum atomic E-state index is 13.1. The highest BCUT2D eigenvalue weighted by Crippen LogP contribution is 2.45. The molecule has 0 aromatic rings. The third kappa shape index (κ3) is 68.6. The maximum Gasteiger partial charge on any atom is 0.472 e. The molecule has 0 heterocycles. The van der Waals surface area contributed by atoms with Crippen LogP contribution < -0.4 is 0 Å². The molecule has 0 spiro atoms. The molecule has 5 atom stereocenters. The van der Waals surface area contributed by atoms with Crippen molar-refractivity contribution in [2.75, 3.05) is 39.6 Å². The number of hydrogen-bond acceptors (Lipinski definition) is 15. The lowest BCUT2D eigenvalue weighted by Crippen LogP contribution is -2.30. The lowest BCUT2D eigenvalue weighted by Gasteiger charge is -2.21. The minimum atomic E-state index is -4.95. The van der Waals surface area contributed by atoms with E-state index < -0.39 is 97.5 Å². The van der Waals surface area contributed by atoms with Crippen molar-refractivity contribution in [1.82, 2.24) is 0 Å². The van der Waals surface area contributed by atoms with E-state index in [2.05, 4.69) is 34.6 Å². The number of ether oxygens (including phenoxy) is 4. The Balaban J connectivity index is 5.13. The molecule has 0 aromatic heterocycles. The summed E-state index contributed by atoms with van der Waals surface area (Å²) in [5.41, 5.74) is 0. The Bertz CT molecular complexity index is 1810. The molecule has 0 aromatic carbocycles. The number of rotatable bonds is 75. The van der Waals surface area contributed by atoms with Crippen LogP contribution in [0.4, 0.5) is 0 Å². The molecule has 558 valence electrons. The highest BCUT2D eigenvalue weighted by molar-refractivity contribution is 7.47. The molecule has 0 saturated carbocycles. The topological polar surface area (TPSA) is 237 Å². The van der Waals surface area contributed by atoms with Crippen molar-refractivity contribution in [3.63, 3.8) is 0 Å². The summed E-state index contributed by atoms with van der Waals surface area (Å²) in [7, 11) is -9.90. The van der Waals surface area contributed by atoms with Gasteiger partial charge in [0.15, 0.2) is 12.2 Å². The fourth-order valence-corrected chi connectivity index (χ4v) is 13.1. The first-order valence-corrected chi connectivity index (χ1v) is 42.1. The van der Waals surface area contributed by atoms with Crippen LogP contribution in [0.5, 0.6) is 0 Å². The minimum absolute atomic E-state index is 0.107. The smallest absolute Gasteiger partial charge is 0.462 e. The highest BCUT2D eigenvalue weighted by Gasteiger charge is 2.30. The van der Waals surface area contributed by atoms with Gasteiger partial charge >= 0.3 is 39.5 Å². The Morgan fingerprint density at radius 3 is 0.723 bits per heavy atom. The first-order chi connectivity index (χ1) is 45.5. The Morgan fingerprint density at radius 1 is 0.287 bits per heavy atom. The number of esters is 4. The number of phosphoric ester groups is 2. The molecule has 94 heavy (non-hydrogen) atoms. The van der Waals surface area contributed by atoms with Gasteiger partial charge in [-0.1, -0.05) is 343 Å². The van der Waals surface area contributed by atoms with E-state index in [9.17, 15) is 43.2 Å². The molecule has 0 aliphatic carbocycles. The zero-order chi connectivity index (χ0) is 69.1. The van der Waals surface area contributed by atoms with Crippen LogP contribution in [-0.2, 0) is 65.4 Å². The number of carbonyl (C=O) groups is 4. The number of aliphatic hydroxyl groups is 1. The summed E-state index contributed by atoms with van der Waals surface area (Å²) in [6, 6.07) is 0. The van der Waals surface area contributed by atoms with Crippen LogP contribution in [0.25, 0.3) is 0 Å². The number of hydrogen-bond donors (Lipinski definition) is 3. The summed E-state index contributed by atoms with van der Waals surface area (Å²) in [6.07, 6.45) is 57.3. The fraction of sp³-hybridized carbons (Fsp3) is 0.947. The summed E-state index contributed by atoms with van der Waals surface area (Å²) in [6.45, 7) is 7.22. The van der Waals surface area contributed by atoms with E-state index in [-0.39, 0.29) is 25.7 Å². The molecular formula is C75H146O17P2. The summed E-state index contributed by atoms with van der Waals surface area (Å²) < 4.78 is 68.2. The Hall–Kier alpha value is -1.94. The molecule has 0 bridgehead atoms. The predicted molar refractivity (Wildman–Crippen MR) is 382 cm³/mol. The van der Waals surface area contributed by atoms with E-state index in [1.165, 1.54) is 212 Å². The van der Waals surface area contributed by atoms with Crippen LogP contribution >= 0.6 is 15.6 Å². The average Bonchev–Trinajstić information content (AvgIpc) is 3.75. The van der Waals surface area contributed by atoms with Gasteiger partial charge in [-0.2, -0.15) is 0 Å². The fourth-order valence-electron chi connectivity index (χ4n) is 11.5. The normalized spacial score (nSPS) is 14.0. The Labute approximate surface area is 575 Å². The second kappa shape index (κ2) is 68.2. The molecule has 0 fully saturated rings. The SMILES string of the molecule is CCCCCCCCCCCCCCCCCCCCCCC(=O)O[C@H](COC(=O)CCCCCCCCCCCCCCCCC(C)C)COP(=O)(O)OC[C@@H](O)COP(=O)(O)OC[C@@H](COC(=O)CCCCCCC)OC(=O)CCCCCCCCCCCCCC. The van der Waals surface area contributed by atoms with E-state index in [4.69, 9.17) is 37.0 Å². The van der Waals surface area contributed by atoms with Gasteiger partial charge in [-0.3, -0.25) is 37.3 Å². The van der Waals surface area contributed by atoms with Crippen LogP contribution in [0.3, 0.4) is 0 Å². The first-order valence-electron chi connectivity index (χ1n) is 39.1. The summed E-state index contributed by atoms with van der Waals surface area (Å²) in [4.78, 5) is 72.5. The second-order valence-corrected chi connectivity index (χ2v) is 30.4. The lowest BCUT2D eigenvalue weighted by atomic mass is 10.0. The van der Waals surface area contributed by atoms with Gasteiger partial charge in [0.05, 0.1) is 26.4 Å². The van der Waals surface area contributed by atoms with Crippen LogP contribution in [0.2, 0.25) is 0 Å². The molecule has 0 radical (unpaired) electrons. The van der Waals surface area contributed by atoms with Gasteiger partial charge in [-0.25, -0.2) is 9.13 Å². The number of phosphoric acid groups is 2. The van der Waals surface area contributed by atoms with Crippen LogP contribution in [0.1, 0.15) is 394 Å². The number of carbonyl (C=O) groups excluding carboxylic acids is 4. The first kappa shape index (κ1) is 92.1. The van der Waals surface area contributed by atoms with E-state index >= 15 is 0 Å². The molecule has 19 heteroatoms. The quantitative estimate of drug-likeness (QED) is 0.0222. The van der Waals surface area contributed by atoms with Crippen molar-refractivity contribution < 1.29 is 80.2 Å². The molecule has 0 aliphatic rings. The van der Waals surface area contributed by atoms with Crippen molar-refractivity contribution >= 4 is 39.5 Å². The molecular weight excluding hydrogens is 1230 g/mol. The molecule has 0 aliphatic heterocycles. The van der Waals surface area contributed by atoms with E-state index in [0.717, 1.165) is 102 Å². The predicted octanol–water partition coefficient (Wildman–Crippen LogP) is 22.1. The van der Waals surface area contributed by atoms with Gasteiger partial charge in [0.25, 0.3) is 0 Å². The third-order valence-corrected chi connectivity index (χ3v) is 19.4. The van der Waals surface area contributed by atoms with Gasteiger partial charge in [-0.15, -0.1) is 0 Å². The van der Waals surface area contributed by atoms with Crippen molar-refractivity contribution in [3.05, 3.63) is 0 Å². The summed E-state index contributed by atoms with van der Waals surface area (Å²) in [5.74, 6) is -1.33. The lowest BCUT2D eigenvalue weighted by molar-refractivity contribution is -0.161. The third-order valence-electron chi connectivity index (χ3n) is 17.5. The van der Waals surface area contributed by atoms with E-state index in [1.54, 1.807) is 0 Å². The maximum absolute atomic E-state index is 13.1. The molecule has 3 N–H and O–H groups in total. The number of aliphatic hydroxyl groups excluding tert-OH is 1. The minimum Gasteiger partial charge on any atom is -0.462 e. The molecule has 2 unspecified atom stereocenters. The van der Waals surface area contributed by atoms with Crippen LogP contribution in [0, 0.1) is 5.92 Å². The molecule has 17 nitrogen and oxygen atoms in total. The van der Waals surface area contributed by atoms with Gasteiger partial charge in [-0.05, 0) is 31.6 Å². The van der Waals surface area contributed by atoms with Gasteiger partial charge < -0.3 is 33.8 Å². The highest BCUT2D eigenvalue weighted by atomic mass is 31.2. The second-order valence-electron chi connectivity index (χ2n) is 27.5. The van der Waals surface area contributed by atoms with E-state index in [0.29, 0.717) is 25.7 Å².